The van der Waals surface area contributed by atoms with E-state index in [1.165, 1.54) is 22.3 Å². The van der Waals surface area contributed by atoms with E-state index in [4.69, 9.17) is 16.3 Å². The van der Waals surface area contributed by atoms with E-state index in [9.17, 15) is 0 Å². The molecule has 0 saturated heterocycles. The molecule has 3 aromatic rings. The van der Waals surface area contributed by atoms with Crippen LogP contribution in [0.15, 0.2) is 66.7 Å². The summed E-state index contributed by atoms with van der Waals surface area (Å²) >= 11 is 6.41. The van der Waals surface area contributed by atoms with E-state index < -0.39 is 0 Å². The molecule has 1 N–H and O–H groups in total. The van der Waals surface area contributed by atoms with Gasteiger partial charge in [0.25, 0.3) is 0 Å². The van der Waals surface area contributed by atoms with Crippen LogP contribution in [0.25, 0.3) is 0 Å². The number of benzene rings is 3. The van der Waals surface area contributed by atoms with Crippen molar-refractivity contribution in [2.75, 3.05) is 12.4 Å². The maximum atomic E-state index is 6.41. The van der Waals surface area contributed by atoms with Crippen molar-refractivity contribution in [2.45, 2.75) is 24.8 Å². The first kappa shape index (κ1) is 16.7. The normalized spacial score (nSPS) is 25.1. The fourth-order valence-corrected chi connectivity index (χ4v) is 5.37. The van der Waals surface area contributed by atoms with Crippen LogP contribution < -0.4 is 10.1 Å². The molecule has 0 aromatic heterocycles. The highest BCUT2D eigenvalue weighted by molar-refractivity contribution is 6.30. The molecule has 3 atom stereocenters. The number of para-hydroxylation sites is 1. The monoisotopic (exact) mass is 375 g/mol. The van der Waals surface area contributed by atoms with Crippen molar-refractivity contribution in [3.63, 3.8) is 0 Å². The molecule has 3 aromatic carbocycles. The summed E-state index contributed by atoms with van der Waals surface area (Å²) in [6.07, 6.45) is 1.04. The molecule has 0 amide bonds. The first-order chi connectivity index (χ1) is 13.1. The van der Waals surface area contributed by atoms with Gasteiger partial charge in [0.1, 0.15) is 5.75 Å². The Bertz CT molecular complexity index is 1030. The smallest absolute Gasteiger partial charge is 0.124 e. The summed E-state index contributed by atoms with van der Waals surface area (Å²) < 4.78 is 5.70. The van der Waals surface area contributed by atoms with Crippen LogP contribution >= 0.6 is 11.6 Å². The molecule has 0 bridgehead atoms. The minimum absolute atomic E-state index is 0.0897. The maximum Gasteiger partial charge on any atom is 0.124 e. The van der Waals surface area contributed by atoms with Crippen molar-refractivity contribution in [3.05, 3.63) is 94.0 Å². The van der Waals surface area contributed by atoms with Crippen LogP contribution in [0.1, 0.15) is 35.2 Å². The number of hydrogen-bond acceptors (Lipinski definition) is 2. The molecule has 0 saturated carbocycles. The van der Waals surface area contributed by atoms with Crippen LogP contribution in [-0.4, -0.2) is 7.11 Å². The average Bonchev–Trinajstić information content (AvgIpc) is 3.01. The quantitative estimate of drug-likeness (QED) is 0.593. The Morgan fingerprint density at radius 1 is 1.00 bits per heavy atom. The molecule has 5 rings (SSSR count). The SMILES string of the molecule is COc1ccccc1[C@H]1Nc2ccc(Cl)cc2[C@@]2(C)c3ccccc3C[C@@H]12. The number of rotatable bonds is 2. The molecule has 0 spiro atoms. The molecule has 2 aliphatic rings. The van der Waals surface area contributed by atoms with Crippen LogP contribution in [0, 0.1) is 5.92 Å². The predicted molar refractivity (Wildman–Crippen MR) is 111 cm³/mol. The number of halogens is 1. The Hall–Kier alpha value is -2.45. The second kappa shape index (κ2) is 6.03. The standard InChI is InChI=1S/C24H22ClNO/c1-24-18-9-5-3-7-15(18)13-20(24)23(17-8-4-6-10-22(17)27-2)26-21-12-11-16(25)14-19(21)24/h3-12,14,20,23,26H,13H2,1-2H3/t20-,23+,24+/m0/s1. The lowest BCUT2D eigenvalue weighted by molar-refractivity contribution is 0.311. The zero-order valence-electron chi connectivity index (χ0n) is 15.5. The third-order valence-electron chi connectivity index (χ3n) is 6.49. The first-order valence-electron chi connectivity index (χ1n) is 9.41. The summed E-state index contributed by atoms with van der Waals surface area (Å²) in [6.45, 7) is 2.38. The molecule has 2 nitrogen and oxygen atoms in total. The second-order valence-electron chi connectivity index (χ2n) is 7.72. The van der Waals surface area contributed by atoms with E-state index in [0.717, 1.165) is 22.9 Å². The van der Waals surface area contributed by atoms with Gasteiger partial charge in [0.05, 0.1) is 13.2 Å². The van der Waals surface area contributed by atoms with Crippen molar-refractivity contribution < 1.29 is 4.74 Å². The Morgan fingerprint density at radius 2 is 1.78 bits per heavy atom. The highest BCUT2D eigenvalue weighted by atomic mass is 35.5. The lowest BCUT2D eigenvalue weighted by atomic mass is 9.64. The first-order valence-corrected chi connectivity index (χ1v) is 9.78. The van der Waals surface area contributed by atoms with Gasteiger partial charge in [0.15, 0.2) is 0 Å². The molecule has 27 heavy (non-hydrogen) atoms. The third kappa shape index (κ3) is 2.33. The fraction of sp³-hybridized carbons (Fsp3) is 0.250. The lowest BCUT2D eigenvalue weighted by Gasteiger charge is -2.45. The van der Waals surface area contributed by atoms with Crippen LogP contribution in [-0.2, 0) is 11.8 Å². The molecule has 3 heteroatoms. The molecule has 1 aliphatic heterocycles. The van der Waals surface area contributed by atoms with Gasteiger partial charge >= 0.3 is 0 Å². The topological polar surface area (TPSA) is 21.3 Å². The average molecular weight is 376 g/mol. The van der Waals surface area contributed by atoms with E-state index in [-0.39, 0.29) is 11.5 Å². The van der Waals surface area contributed by atoms with E-state index >= 15 is 0 Å². The van der Waals surface area contributed by atoms with Gasteiger partial charge in [-0.15, -0.1) is 0 Å². The minimum atomic E-state index is -0.0897. The number of fused-ring (bicyclic) bond motifs is 5. The summed E-state index contributed by atoms with van der Waals surface area (Å²) in [7, 11) is 1.75. The summed E-state index contributed by atoms with van der Waals surface area (Å²) in [4.78, 5) is 0. The van der Waals surface area contributed by atoms with Crippen LogP contribution in [0.2, 0.25) is 5.02 Å². The molecule has 1 heterocycles. The van der Waals surface area contributed by atoms with Crippen molar-refractivity contribution in [2.24, 2.45) is 5.92 Å². The Morgan fingerprint density at radius 3 is 2.63 bits per heavy atom. The van der Waals surface area contributed by atoms with E-state index in [1.807, 2.05) is 18.2 Å². The lowest BCUT2D eigenvalue weighted by Crippen LogP contribution is -2.41. The van der Waals surface area contributed by atoms with Gasteiger partial charge in [-0.2, -0.15) is 0 Å². The Labute approximate surface area is 165 Å². The molecular formula is C24H22ClNO. The van der Waals surface area contributed by atoms with E-state index in [1.54, 1.807) is 7.11 Å². The van der Waals surface area contributed by atoms with Crippen molar-refractivity contribution >= 4 is 17.3 Å². The van der Waals surface area contributed by atoms with Gasteiger partial charge < -0.3 is 10.1 Å². The van der Waals surface area contributed by atoms with Gasteiger partial charge in [-0.05, 0) is 47.4 Å². The van der Waals surface area contributed by atoms with Gasteiger partial charge in [-0.3, -0.25) is 0 Å². The van der Waals surface area contributed by atoms with Crippen LogP contribution in [0.5, 0.6) is 5.75 Å². The summed E-state index contributed by atoms with van der Waals surface area (Å²) in [5.74, 6) is 1.32. The van der Waals surface area contributed by atoms with Crippen molar-refractivity contribution in [1.29, 1.82) is 0 Å². The zero-order valence-corrected chi connectivity index (χ0v) is 16.3. The highest BCUT2D eigenvalue weighted by Gasteiger charge is 2.52. The molecule has 0 fully saturated rings. The number of ether oxygens (including phenoxy) is 1. The fourth-order valence-electron chi connectivity index (χ4n) is 5.20. The van der Waals surface area contributed by atoms with Crippen LogP contribution in [0.3, 0.4) is 0 Å². The Balaban J connectivity index is 1.76. The number of hydrogen-bond donors (Lipinski definition) is 1. The van der Waals surface area contributed by atoms with Gasteiger partial charge in [-0.25, -0.2) is 0 Å². The number of anilines is 1. The van der Waals surface area contributed by atoms with Gasteiger partial charge in [0, 0.05) is 27.6 Å². The largest absolute Gasteiger partial charge is 0.496 e. The number of nitrogens with one attached hydrogen (secondary N) is 1. The maximum absolute atomic E-state index is 6.41. The van der Waals surface area contributed by atoms with Crippen molar-refractivity contribution in [3.8, 4) is 5.75 Å². The Kier molecular flexibility index (Phi) is 3.73. The third-order valence-corrected chi connectivity index (χ3v) is 6.72. The van der Waals surface area contributed by atoms with Gasteiger partial charge in [-0.1, -0.05) is 61.0 Å². The molecule has 1 aliphatic carbocycles. The van der Waals surface area contributed by atoms with E-state index in [2.05, 4.69) is 60.8 Å². The summed E-state index contributed by atoms with van der Waals surface area (Å²) in [5.41, 5.74) is 6.42. The van der Waals surface area contributed by atoms with Gasteiger partial charge in [0.2, 0.25) is 0 Å². The minimum Gasteiger partial charge on any atom is -0.496 e. The highest BCUT2D eigenvalue weighted by Crippen LogP contribution is 2.58. The predicted octanol–water partition coefficient (Wildman–Crippen LogP) is 5.99. The van der Waals surface area contributed by atoms with Crippen molar-refractivity contribution in [1.82, 2.24) is 0 Å². The molecule has 0 radical (unpaired) electrons. The number of methoxy groups -OCH3 is 1. The summed E-state index contributed by atoms with van der Waals surface area (Å²) in [5, 5.41) is 4.60. The molecular weight excluding hydrogens is 354 g/mol. The zero-order chi connectivity index (χ0) is 18.6. The summed E-state index contributed by atoms with van der Waals surface area (Å²) in [6, 6.07) is 23.6. The van der Waals surface area contributed by atoms with Crippen LogP contribution in [0.4, 0.5) is 5.69 Å². The van der Waals surface area contributed by atoms with E-state index in [0.29, 0.717) is 5.92 Å². The second-order valence-corrected chi connectivity index (χ2v) is 8.16. The molecule has 136 valence electrons. The molecule has 0 unspecified atom stereocenters.